The lowest BCUT2D eigenvalue weighted by Gasteiger charge is -2.32. The van der Waals surface area contributed by atoms with E-state index in [1.165, 1.54) is 0 Å². The van der Waals surface area contributed by atoms with Crippen LogP contribution in [0.15, 0.2) is 18.2 Å². The maximum absolute atomic E-state index is 12.4. The van der Waals surface area contributed by atoms with Crippen LogP contribution < -0.4 is 10.1 Å². The number of aryl methyl sites for hydroxylation is 1. The van der Waals surface area contributed by atoms with Crippen LogP contribution in [0, 0.1) is 6.92 Å². The number of hydrogen-bond acceptors (Lipinski definition) is 3. The molecule has 1 saturated heterocycles. The SMILES string of the molecule is CNC1CCCN(C(=O)COc2cc(C)ccc2C(C)C)C1. The highest BCUT2D eigenvalue weighted by Crippen LogP contribution is 2.27. The molecule has 0 saturated carbocycles. The first-order valence-electron chi connectivity index (χ1n) is 8.19. The Labute approximate surface area is 133 Å². The molecule has 4 nitrogen and oxygen atoms in total. The Hall–Kier alpha value is -1.55. The molecule has 0 bridgehead atoms. The molecule has 1 aromatic carbocycles. The van der Waals surface area contributed by atoms with Crippen LogP contribution in [0.1, 0.15) is 43.7 Å². The monoisotopic (exact) mass is 304 g/mol. The Morgan fingerprint density at radius 2 is 2.23 bits per heavy atom. The number of rotatable bonds is 5. The molecule has 1 atom stereocenters. The molecule has 2 rings (SSSR count). The van der Waals surface area contributed by atoms with Crippen LogP contribution in [0.4, 0.5) is 0 Å². The number of benzene rings is 1. The van der Waals surface area contributed by atoms with Gasteiger partial charge in [0, 0.05) is 19.1 Å². The number of carbonyl (C=O) groups excluding carboxylic acids is 1. The summed E-state index contributed by atoms with van der Waals surface area (Å²) in [5, 5.41) is 3.26. The molecular formula is C18H28N2O2. The van der Waals surface area contributed by atoms with E-state index in [4.69, 9.17) is 4.74 Å². The van der Waals surface area contributed by atoms with Crippen LogP contribution in [-0.2, 0) is 4.79 Å². The number of ether oxygens (including phenoxy) is 1. The van der Waals surface area contributed by atoms with Gasteiger partial charge in [0.25, 0.3) is 5.91 Å². The first-order chi connectivity index (χ1) is 10.5. The Bertz CT molecular complexity index is 514. The Morgan fingerprint density at radius 3 is 2.91 bits per heavy atom. The van der Waals surface area contributed by atoms with Gasteiger partial charge >= 0.3 is 0 Å². The van der Waals surface area contributed by atoms with Crippen LogP contribution in [0.25, 0.3) is 0 Å². The molecule has 122 valence electrons. The van der Waals surface area contributed by atoms with Gasteiger partial charge in [-0.05, 0) is 49.9 Å². The lowest BCUT2D eigenvalue weighted by Crippen LogP contribution is -2.48. The highest BCUT2D eigenvalue weighted by atomic mass is 16.5. The van der Waals surface area contributed by atoms with E-state index in [0.717, 1.165) is 42.8 Å². The van der Waals surface area contributed by atoms with E-state index in [9.17, 15) is 4.79 Å². The fraction of sp³-hybridized carbons (Fsp3) is 0.611. The van der Waals surface area contributed by atoms with Crippen molar-refractivity contribution in [3.63, 3.8) is 0 Å². The first kappa shape index (κ1) is 16.8. The highest BCUT2D eigenvalue weighted by molar-refractivity contribution is 5.78. The number of amides is 1. The van der Waals surface area contributed by atoms with Crippen LogP contribution in [0.3, 0.4) is 0 Å². The summed E-state index contributed by atoms with van der Waals surface area (Å²) in [6.07, 6.45) is 2.19. The van der Waals surface area contributed by atoms with Gasteiger partial charge in [-0.25, -0.2) is 0 Å². The van der Waals surface area contributed by atoms with Gasteiger partial charge in [-0.3, -0.25) is 4.79 Å². The van der Waals surface area contributed by atoms with E-state index in [1.54, 1.807) is 0 Å². The van der Waals surface area contributed by atoms with Crippen LogP contribution >= 0.6 is 0 Å². The third kappa shape index (κ3) is 4.23. The van der Waals surface area contributed by atoms with Gasteiger partial charge in [0.1, 0.15) is 5.75 Å². The van der Waals surface area contributed by atoms with Gasteiger partial charge in [-0.15, -0.1) is 0 Å². The van der Waals surface area contributed by atoms with E-state index in [0.29, 0.717) is 12.0 Å². The minimum Gasteiger partial charge on any atom is -0.483 e. The van der Waals surface area contributed by atoms with Crippen molar-refractivity contribution >= 4 is 5.91 Å². The molecular weight excluding hydrogens is 276 g/mol. The summed E-state index contributed by atoms with van der Waals surface area (Å²) in [5.41, 5.74) is 2.31. The average Bonchev–Trinajstić information content (AvgIpc) is 2.52. The van der Waals surface area contributed by atoms with Gasteiger partial charge in [0.15, 0.2) is 6.61 Å². The van der Waals surface area contributed by atoms with E-state index in [2.05, 4.69) is 31.3 Å². The molecule has 1 N–H and O–H groups in total. The van der Waals surface area contributed by atoms with E-state index >= 15 is 0 Å². The zero-order valence-corrected chi connectivity index (χ0v) is 14.2. The highest BCUT2D eigenvalue weighted by Gasteiger charge is 2.23. The number of piperidine rings is 1. The van der Waals surface area contributed by atoms with Gasteiger partial charge in [-0.1, -0.05) is 26.0 Å². The summed E-state index contributed by atoms with van der Waals surface area (Å²) in [6, 6.07) is 6.61. The Kier molecular flexibility index (Phi) is 5.83. The zero-order chi connectivity index (χ0) is 16.1. The van der Waals surface area contributed by atoms with Crippen LogP contribution in [-0.4, -0.2) is 43.6 Å². The van der Waals surface area contributed by atoms with E-state index in [1.807, 2.05) is 24.9 Å². The van der Waals surface area contributed by atoms with Gasteiger partial charge in [0.2, 0.25) is 0 Å². The molecule has 4 heteroatoms. The lowest BCUT2D eigenvalue weighted by molar-refractivity contribution is -0.134. The van der Waals surface area contributed by atoms with Gasteiger partial charge in [-0.2, -0.15) is 0 Å². The van der Waals surface area contributed by atoms with Crippen molar-refractivity contribution in [1.29, 1.82) is 0 Å². The van der Waals surface area contributed by atoms with E-state index in [-0.39, 0.29) is 12.5 Å². The smallest absolute Gasteiger partial charge is 0.260 e. The standard InChI is InChI=1S/C18H28N2O2/c1-13(2)16-8-7-14(3)10-17(16)22-12-18(21)20-9-5-6-15(11-20)19-4/h7-8,10,13,15,19H,5-6,9,11-12H2,1-4H3. The number of hydrogen-bond donors (Lipinski definition) is 1. The fourth-order valence-corrected chi connectivity index (χ4v) is 2.91. The Morgan fingerprint density at radius 1 is 1.45 bits per heavy atom. The van der Waals surface area contributed by atoms with Crippen molar-refractivity contribution in [1.82, 2.24) is 10.2 Å². The van der Waals surface area contributed by atoms with Crippen molar-refractivity contribution in [2.45, 2.75) is 45.6 Å². The second-order valence-electron chi connectivity index (χ2n) is 6.45. The quantitative estimate of drug-likeness (QED) is 0.909. The molecule has 0 radical (unpaired) electrons. The second-order valence-corrected chi connectivity index (χ2v) is 6.45. The van der Waals surface area contributed by atoms with Crippen molar-refractivity contribution < 1.29 is 9.53 Å². The van der Waals surface area contributed by atoms with Gasteiger partial charge in [0.05, 0.1) is 0 Å². The maximum Gasteiger partial charge on any atom is 0.260 e. The summed E-state index contributed by atoms with van der Waals surface area (Å²) >= 11 is 0. The lowest BCUT2D eigenvalue weighted by atomic mass is 10.0. The third-order valence-corrected chi connectivity index (χ3v) is 4.32. The molecule has 1 aliphatic heterocycles. The summed E-state index contributed by atoms with van der Waals surface area (Å²) < 4.78 is 5.85. The number of nitrogens with zero attached hydrogens (tertiary/aromatic N) is 1. The fourth-order valence-electron chi connectivity index (χ4n) is 2.91. The summed E-state index contributed by atoms with van der Waals surface area (Å²) in [7, 11) is 1.96. The molecule has 22 heavy (non-hydrogen) atoms. The van der Waals surface area contributed by atoms with E-state index < -0.39 is 0 Å². The predicted molar refractivity (Wildman–Crippen MR) is 89.4 cm³/mol. The summed E-state index contributed by atoms with van der Waals surface area (Å²) in [6.45, 7) is 8.07. The van der Waals surface area contributed by atoms with Gasteiger partial charge < -0.3 is 15.0 Å². The molecule has 1 amide bonds. The van der Waals surface area contributed by atoms with Crippen LogP contribution in [0.5, 0.6) is 5.75 Å². The largest absolute Gasteiger partial charge is 0.483 e. The molecule has 1 heterocycles. The van der Waals surface area contributed by atoms with Crippen molar-refractivity contribution in [2.75, 3.05) is 26.7 Å². The number of likely N-dealkylation sites (tertiary alicyclic amines) is 1. The predicted octanol–water partition coefficient (Wildman–Crippen LogP) is 2.71. The average molecular weight is 304 g/mol. The molecule has 1 unspecified atom stereocenters. The van der Waals surface area contributed by atoms with Crippen molar-refractivity contribution in [2.24, 2.45) is 0 Å². The number of likely N-dealkylation sites (N-methyl/N-ethyl adjacent to an activating group) is 1. The van der Waals surface area contributed by atoms with Crippen molar-refractivity contribution in [3.8, 4) is 5.75 Å². The zero-order valence-electron chi connectivity index (χ0n) is 14.2. The summed E-state index contributed by atoms with van der Waals surface area (Å²) in [4.78, 5) is 14.3. The Balaban J connectivity index is 1.97. The number of nitrogens with one attached hydrogen (secondary N) is 1. The molecule has 0 spiro atoms. The van der Waals surface area contributed by atoms with Crippen LogP contribution in [0.2, 0.25) is 0 Å². The van der Waals surface area contributed by atoms with Crippen molar-refractivity contribution in [3.05, 3.63) is 29.3 Å². The molecule has 0 aliphatic carbocycles. The molecule has 0 aromatic heterocycles. The molecule has 1 aromatic rings. The number of carbonyl (C=O) groups is 1. The minimum atomic E-state index is 0.0798. The normalized spacial score (nSPS) is 18.6. The molecule has 1 aliphatic rings. The topological polar surface area (TPSA) is 41.6 Å². The second kappa shape index (κ2) is 7.63. The maximum atomic E-state index is 12.4. The third-order valence-electron chi connectivity index (χ3n) is 4.32. The summed E-state index contributed by atoms with van der Waals surface area (Å²) in [5.74, 6) is 1.30. The minimum absolute atomic E-state index is 0.0798. The first-order valence-corrected chi connectivity index (χ1v) is 8.19. The molecule has 1 fully saturated rings.